The van der Waals surface area contributed by atoms with Crippen LogP contribution in [0, 0.1) is 0 Å². The van der Waals surface area contributed by atoms with Gasteiger partial charge in [-0.25, -0.2) is 4.98 Å². The van der Waals surface area contributed by atoms with E-state index in [1.165, 1.54) is 31.5 Å². The van der Waals surface area contributed by atoms with Gasteiger partial charge in [-0.3, -0.25) is 9.78 Å². The zero-order valence-electron chi connectivity index (χ0n) is 16.7. The Hall–Kier alpha value is -2.21. The molecule has 0 saturated carbocycles. The second kappa shape index (κ2) is 9.32. The third kappa shape index (κ3) is 4.79. The minimum atomic E-state index is 0.330. The number of rotatable bonds is 7. The molecule has 1 amide bonds. The summed E-state index contributed by atoms with van der Waals surface area (Å²) in [6.07, 6.45) is 14.0. The minimum Gasteiger partial charge on any atom is -0.343 e. The molecule has 0 unspecified atom stereocenters. The molecule has 4 rings (SSSR count). The molecule has 2 aromatic rings. The summed E-state index contributed by atoms with van der Waals surface area (Å²) in [5.41, 5.74) is 1.19. The SMILES string of the molecule is O=C(CCCN1CCCC1)N1CCC(c2nccn2Cc2cccnc2)CC1. The number of pyridine rings is 1. The van der Waals surface area contributed by atoms with Crippen LogP contribution in [0.5, 0.6) is 0 Å². The van der Waals surface area contributed by atoms with Crippen LogP contribution in [0.25, 0.3) is 0 Å². The van der Waals surface area contributed by atoms with Crippen LogP contribution in [0.3, 0.4) is 0 Å². The van der Waals surface area contributed by atoms with E-state index in [0.29, 0.717) is 18.2 Å². The van der Waals surface area contributed by atoms with Gasteiger partial charge in [0, 0.05) is 50.2 Å². The highest BCUT2D eigenvalue weighted by Gasteiger charge is 2.26. The monoisotopic (exact) mass is 381 g/mol. The lowest BCUT2D eigenvalue weighted by molar-refractivity contribution is -0.132. The first-order valence-corrected chi connectivity index (χ1v) is 10.7. The Morgan fingerprint density at radius 3 is 2.68 bits per heavy atom. The molecule has 2 aliphatic heterocycles. The maximum absolute atomic E-state index is 12.6. The summed E-state index contributed by atoms with van der Waals surface area (Å²) in [4.78, 5) is 25.9. The average molecular weight is 382 g/mol. The standard InChI is InChI=1S/C22H31N5O/c28-21(6-4-13-25-11-1-2-12-25)26-14-7-20(8-15-26)22-24-10-16-27(22)18-19-5-3-9-23-17-19/h3,5,9-10,16-17,20H,1-2,4,6-8,11-15,18H2. The molecule has 2 saturated heterocycles. The predicted molar refractivity (Wildman–Crippen MR) is 109 cm³/mol. The highest BCUT2D eigenvalue weighted by atomic mass is 16.2. The maximum atomic E-state index is 12.6. The number of imidazole rings is 1. The van der Waals surface area contributed by atoms with Gasteiger partial charge in [-0.2, -0.15) is 0 Å². The summed E-state index contributed by atoms with van der Waals surface area (Å²) in [6.45, 7) is 6.02. The van der Waals surface area contributed by atoms with Gasteiger partial charge in [0.2, 0.25) is 5.91 Å². The molecule has 6 heteroatoms. The molecule has 28 heavy (non-hydrogen) atoms. The summed E-state index contributed by atoms with van der Waals surface area (Å²) in [5.74, 6) is 1.90. The molecule has 2 aromatic heterocycles. The summed E-state index contributed by atoms with van der Waals surface area (Å²) in [5, 5.41) is 0. The number of amides is 1. The van der Waals surface area contributed by atoms with E-state index >= 15 is 0 Å². The van der Waals surface area contributed by atoms with Crippen molar-refractivity contribution in [2.24, 2.45) is 0 Å². The van der Waals surface area contributed by atoms with Crippen molar-refractivity contribution in [2.45, 2.75) is 51.0 Å². The van der Waals surface area contributed by atoms with Crippen molar-refractivity contribution in [3.8, 4) is 0 Å². The van der Waals surface area contributed by atoms with E-state index in [2.05, 4.69) is 36.6 Å². The third-order valence-corrected chi connectivity index (χ3v) is 6.10. The van der Waals surface area contributed by atoms with E-state index in [1.54, 1.807) is 6.20 Å². The van der Waals surface area contributed by atoms with Gasteiger partial charge in [0.15, 0.2) is 0 Å². The van der Waals surface area contributed by atoms with Gasteiger partial charge in [0.1, 0.15) is 5.82 Å². The molecule has 0 atom stereocenters. The molecule has 0 bridgehead atoms. The Labute approximate surface area is 167 Å². The Balaban J connectivity index is 1.25. The van der Waals surface area contributed by atoms with Crippen LogP contribution >= 0.6 is 0 Å². The van der Waals surface area contributed by atoms with Crippen LogP contribution in [0.2, 0.25) is 0 Å². The quantitative estimate of drug-likeness (QED) is 0.740. The number of hydrogen-bond acceptors (Lipinski definition) is 4. The first-order chi connectivity index (χ1) is 13.8. The fourth-order valence-electron chi connectivity index (χ4n) is 4.51. The fourth-order valence-corrected chi connectivity index (χ4v) is 4.51. The summed E-state index contributed by atoms with van der Waals surface area (Å²) >= 11 is 0. The minimum absolute atomic E-state index is 0.330. The molecule has 2 fully saturated rings. The number of likely N-dealkylation sites (tertiary alicyclic amines) is 2. The zero-order chi connectivity index (χ0) is 19.2. The highest BCUT2D eigenvalue weighted by molar-refractivity contribution is 5.76. The molecule has 0 aliphatic carbocycles. The molecule has 4 heterocycles. The Morgan fingerprint density at radius 2 is 1.93 bits per heavy atom. The number of aromatic nitrogens is 3. The predicted octanol–water partition coefficient (Wildman–Crippen LogP) is 2.91. The largest absolute Gasteiger partial charge is 0.343 e. The van der Waals surface area contributed by atoms with Crippen molar-refractivity contribution in [3.63, 3.8) is 0 Å². The van der Waals surface area contributed by atoms with Crippen molar-refractivity contribution < 1.29 is 4.79 Å². The van der Waals surface area contributed by atoms with Gasteiger partial charge >= 0.3 is 0 Å². The van der Waals surface area contributed by atoms with Gasteiger partial charge in [-0.1, -0.05) is 6.07 Å². The van der Waals surface area contributed by atoms with E-state index in [1.807, 2.05) is 18.5 Å². The molecule has 6 nitrogen and oxygen atoms in total. The van der Waals surface area contributed by atoms with Crippen molar-refractivity contribution in [2.75, 3.05) is 32.7 Å². The van der Waals surface area contributed by atoms with E-state index in [0.717, 1.165) is 51.3 Å². The third-order valence-electron chi connectivity index (χ3n) is 6.10. The smallest absolute Gasteiger partial charge is 0.222 e. The molecule has 0 aromatic carbocycles. The second-order valence-electron chi connectivity index (χ2n) is 8.08. The molecular formula is C22H31N5O. The molecule has 150 valence electrons. The molecule has 0 spiro atoms. The lowest BCUT2D eigenvalue weighted by atomic mass is 9.95. The van der Waals surface area contributed by atoms with Crippen molar-refractivity contribution in [3.05, 3.63) is 48.3 Å². The fraction of sp³-hybridized carbons (Fsp3) is 0.591. The molecular weight excluding hydrogens is 350 g/mol. The van der Waals surface area contributed by atoms with Gasteiger partial charge in [-0.15, -0.1) is 0 Å². The summed E-state index contributed by atoms with van der Waals surface area (Å²) < 4.78 is 2.23. The molecule has 0 N–H and O–H groups in total. The van der Waals surface area contributed by atoms with Crippen LogP contribution in [0.4, 0.5) is 0 Å². The lowest BCUT2D eigenvalue weighted by Gasteiger charge is -2.32. The van der Waals surface area contributed by atoms with Gasteiger partial charge < -0.3 is 14.4 Å². The Morgan fingerprint density at radius 1 is 1.11 bits per heavy atom. The number of carbonyl (C=O) groups is 1. The van der Waals surface area contributed by atoms with E-state index in [-0.39, 0.29) is 0 Å². The Bertz CT molecular complexity index is 745. The van der Waals surface area contributed by atoms with Crippen LogP contribution < -0.4 is 0 Å². The normalized spacial score (nSPS) is 18.6. The zero-order valence-corrected chi connectivity index (χ0v) is 16.7. The lowest BCUT2D eigenvalue weighted by Crippen LogP contribution is -2.38. The van der Waals surface area contributed by atoms with Crippen LogP contribution in [0.1, 0.15) is 55.8 Å². The Kier molecular flexibility index (Phi) is 6.37. The van der Waals surface area contributed by atoms with Gasteiger partial charge in [0.05, 0.1) is 6.54 Å². The topological polar surface area (TPSA) is 54.3 Å². The number of piperidine rings is 1. The highest BCUT2D eigenvalue weighted by Crippen LogP contribution is 2.27. The second-order valence-corrected chi connectivity index (χ2v) is 8.08. The maximum Gasteiger partial charge on any atom is 0.222 e. The first kappa shape index (κ1) is 19.1. The van der Waals surface area contributed by atoms with Crippen molar-refractivity contribution >= 4 is 5.91 Å². The van der Waals surface area contributed by atoms with Gasteiger partial charge in [0.25, 0.3) is 0 Å². The van der Waals surface area contributed by atoms with E-state index in [4.69, 9.17) is 0 Å². The molecule has 0 radical (unpaired) electrons. The summed E-state index contributed by atoms with van der Waals surface area (Å²) in [6, 6.07) is 4.07. The van der Waals surface area contributed by atoms with Crippen molar-refractivity contribution in [1.82, 2.24) is 24.3 Å². The molecule has 2 aliphatic rings. The van der Waals surface area contributed by atoms with Crippen LogP contribution in [-0.4, -0.2) is 63.0 Å². The van der Waals surface area contributed by atoms with Crippen LogP contribution in [0.15, 0.2) is 36.9 Å². The number of carbonyl (C=O) groups excluding carboxylic acids is 1. The van der Waals surface area contributed by atoms with E-state index < -0.39 is 0 Å². The van der Waals surface area contributed by atoms with Gasteiger partial charge in [-0.05, 0) is 63.4 Å². The summed E-state index contributed by atoms with van der Waals surface area (Å²) in [7, 11) is 0. The van der Waals surface area contributed by atoms with Crippen molar-refractivity contribution in [1.29, 1.82) is 0 Å². The first-order valence-electron chi connectivity index (χ1n) is 10.7. The van der Waals surface area contributed by atoms with E-state index in [9.17, 15) is 4.79 Å². The van der Waals surface area contributed by atoms with Crippen LogP contribution in [-0.2, 0) is 11.3 Å². The number of nitrogens with zero attached hydrogens (tertiary/aromatic N) is 5. The number of hydrogen-bond donors (Lipinski definition) is 0. The average Bonchev–Trinajstić information content (AvgIpc) is 3.41.